The Kier molecular flexibility index (Phi) is 24.9. The summed E-state index contributed by atoms with van der Waals surface area (Å²) in [5, 5.41) is 29.2. The SMILES string of the molecule is CSCC[C@H](NC(=O)[C@H]1CCCN1)C(=O)N[C@@H](CO)C(=O)N[C@H](CCSC)C(=O)N[C@@H](CC(C)C)C(=O)N[C@@H](CCCN=C(N)N)C(=O)N[C@@H](CC(C)C)C(N)=O. The van der Waals surface area contributed by atoms with Crippen LogP contribution in [0.1, 0.15) is 79.1 Å². The van der Waals surface area contributed by atoms with Gasteiger partial charge in [0, 0.05) is 6.54 Å². The van der Waals surface area contributed by atoms with E-state index in [0.717, 1.165) is 6.42 Å². The van der Waals surface area contributed by atoms with Gasteiger partial charge in [0.05, 0.1) is 12.6 Å². The summed E-state index contributed by atoms with van der Waals surface area (Å²) in [4.78, 5) is 96.8. The highest BCUT2D eigenvalue weighted by Gasteiger charge is 2.34. The summed E-state index contributed by atoms with van der Waals surface area (Å²) >= 11 is 2.90. The number of primary amides is 1. The van der Waals surface area contributed by atoms with Crippen molar-refractivity contribution in [2.24, 2.45) is 34.0 Å². The Morgan fingerprint density at radius 2 is 1.11 bits per heavy atom. The first-order valence-corrected chi connectivity index (χ1v) is 22.2. The van der Waals surface area contributed by atoms with E-state index in [-0.39, 0.29) is 68.8 Å². The molecule has 0 unspecified atom stereocenters. The molecule has 1 aliphatic rings. The van der Waals surface area contributed by atoms with Gasteiger partial charge >= 0.3 is 0 Å². The van der Waals surface area contributed by atoms with Crippen molar-refractivity contribution in [1.82, 2.24) is 37.2 Å². The second-order valence-electron chi connectivity index (χ2n) is 14.9. The maximum atomic E-state index is 13.8. The van der Waals surface area contributed by atoms with E-state index >= 15 is 0 Å². The quantitative estimate of drug-likeness (QED) is 0.0226. The van der Waals surface area contributed by atoms with Gasteiger partial charge in [-0.1, -0.05) is 27.7 Å². The molecule has 57 heavy (non-hydrogen) atoms. The Hall–Kier alpha value is -3.82. The number of guanidine groups is 1. The van der Waals surface area contributed by atoms with Crippen LogP contribution in [0.4, 0.5) is 0 Å². The molecule has 0 aliphatic carbocycles. The number of amides is 7. The van der Waals surface area contributed by atoms with Crippen molar-refractivity contribution in [1.29, 1.82) is 0 Å². The number of aliphatic imine (C=N–C) groups is 1. The van der Waals surface area contributed by atoms with Crippen LogP contribution in [0.25, 0.3) is 0 Å². The van der Waals surface area contributed by atoms with E-state index in [1.807, 2.05) is 40.2 Å². The molecule has 1 saturated heterocycles. The fraction of sp³-hybridized carbons (Fsp3) is 0.778. The zero-order chi connectivity index (χ0) is 43.1. The first kappa shape index (κ1) is 51.2. The third kappa shape index (κ3) is 20.4. The second kappa shape index (κ2) is 27.8. The zero-order valence-corrected chi connectivity index (χ0v) is 35.8. The highest BCUT2D eigenvalue weighted by Crippen LogP contribution is 2.12. The van der Waals surface area contributed by atoms with Crippen molar-refractivity contribution in [2.45, 2.75) is 121 Å². The first-order chi connectivity index (χ1) is 26.9. The number of carbonyl (C=O) groups excluding carboxylic acids is 7. The van der Waals surface area contributed by atoms with Crippen molar-refractivity contribution in [3.63, 3.8) is 0 Å². The molecule has 21 heteroatoms. The minimum atomic E-state index is -1.45. The predicted molar refractivity (Wildman–Crippen MR) is 224 cm³/mol. The topological polar surface area (TPSA) is 314 Å². The lowest BCUT2D eigenvalue weighted by atomic mass is 10.0. The maximum Gasteiger partial charge on any atom is 0.245 e. The molecule has 19 nitrogen and oxygen atoms in total. The third-order valence-electron chi connectivity index (χ3n) is 8.97. The summed E-state index contributed by atoms with van der Waals surface area (Å²) in [6.45, 7) is 7.48. The van der Waals surface area contributed by atoms with Crippen LogP contribution in [0.2, 0.25) is 0 Å². The van der Waals surface area contributed by atoms with Crippen molar-refractivity contribution >= 4 is 70.8 Å². The molecule has 14 N–H and O–H groups in total. The number of hydrogen-bond acceptors (Lipinski definition) is 12. The third-order valence-corrected chi connectivity index (χ3v) is 10.3. The van der Waals surface area contributed by atoms with Gasteiger partial charge in [-0.05, 0) is 93.8 Å². The summed E-state index contributed by atoms with van der Waals surface area (Å²) in [5.74, 6) is -3.82. The Labute approximate surface area is 344 Å². The fourth-order valence-corrected chi connectivity index (χ4v) is 6.88. The number of nitrogens with zero attached hydrogens (tertiary/aromatic N) is 1. The molecule has 0 bridgehead atoms. The van der Waals surface area contributed by atoms with E-state index in [0.29, 0.717) is 24.5 Å². The minimum absolute atomic E-state index is 0.0282. The Balaban J connectivity index is 3.21. The largest absolute Gasteiger partial charge is 0.394 e. The number of nitrogens with two attached hydrogens (primary N) is 3. The molecule has 0 radical (unpaired) electrons. The molecule has 0 aromatic carbocycles. The number of nitrogens with one attached hydrogen (secondary N) is 7. The lowest BCUT2D eigenvalue weighted by molar-refractivity contribution is -0.136. The van der Waals surface area contributed by atoms with Crippen LogP contribution in [0.5, 0.6) is 0 Å². The highest BCUT2D eigenvalue weighted by atomic mass is 32.2. The van der Waals surface area contributed by atoms with Gasteiger partial charge in [-0.25, -0.2) is 0 Å². The van der Waals surface area contributed by atoms with Crippen molar-refractivity contribution < 1.29 is 38.7 Å². The number of thioether (sulfide) groups is 2. The monoisotopic (exact) mass is 845 g/mol. The van der Waals surface area contributed by atoms with Gasteiger partial charge in [0.15, 0.2) is 5.96 Å². The standard InChI is InChI=1S/C36H67N11O8S2/c1-20(2)17-26(29(37)49)45-31(51)23(10-8-14-41-36(38)39)42-34(54)27(18-21(3)4)46-32(52)24(11-15-56-5)44-35(55)28(19-48)47-33(53)25(12-16-57-6)43-30(50)22-9-7-13-40-22/h20-28,40,48H,7-19H2,1-6H3,(H2,37,49)(H,42,54)(H,43,50)(H,44,55)(H,45,51)(H,46,52)(H,47,53)(H4,38,39,41)/t22-,23+,24-,25+,26+,27+,28+/m1/s1. The van der Waals surface area contributed by atoms with Crippen molar-refractivity contribution in [3.8, 4) is 0 Å². The number of aliphatic hydroxyl groups excluding tert-OH is 1. The average Bonchev–Trinajstić information content (AvgIpc) is 3.69. The molecule has 1 rings (SSSR count). The van der Waals surface area contributed by atoms with Crippen LogP contribution in [0, 0.1) is 11.8 Å². The zero-order valence-electron chi connectivity index (χ0n) is 34.2. The van der Waals surface area contributed by atoms with E-state index in [1.54, 1.807) is 0 Å². The lowest BCUT2D eigenvalue weighted by Gasteiger charge is -2.28. The van der Waals surface area contributed by atoms with Crippen LogP contribution in [-0.2, 0) is 33.6 Å². The van der Waals surface area contributed by atoms with Gasteiger partial charge < -0.3 is 59.5 Å². The highest BCUT2D eigenvalue weighted by molar-refractivity contribution is 7.98. The van der Waals surface area contributed by atoms with Gasteiger partial charge in [-0.15, -0.1) is 0 Å². The normalized spacial score (nSPS) is 17.0. The molecule has 326 valence electrons. The smallest absolute Gasteiger partial charge is 0.245 e. The maximum absolute atomic E-state index is 13.8. The molecule has 1 fully saturated rings. The molecule has 0 spiro atoms. The summed E-state index contributed by atoms with van der Waals surface area (Å²) in [5.41, 5.74) is 16.4. The van der Waals surface area contributed by atoms with E-state index in [1.165, 1.54) is 23.5 Å². The van der Waals surface area contributed by atoms with Crippen LogP contribution >= 0.6 is 23.5 Å². The van der Waals surface area contributed by atoms with Gasteiger partial charge in [0.1, 0.15) is 36.3 Å². The Morgan fingerprint density at radius 3 is 1.56 bits per heavy atom. The summed E-state index contributed by atoms with van der Waals surface area (Å²) in [7, 11) is 0. The average molecular weight is 846 g/mol. The van der Waals surface area contributed by atoms with Crippen LogP contribution in [0.15, 0.2) is 4.99 Å². The van der Waals surface area contributed by atoms with E-state index < -0.39 is 84.3 Å². The van der Waals surface area contributed by atoms with Gasteiger partial charge in [0.25, 0.3) is 0 Å². The summed E-state index contributed by atoms with van der Waals surface area (Å²) in [6.07, 6.45) is 6.38. The van der Waals surface area contributed by atoms with Gasteiger partial charge in [-0.3, -0.25) is 38.6 Å². The van der Waals surface area contributed by atoms with Crippen molar-refractivity contribution in [2.75, 3.05) is 43.7 Å². The van der Waals surface area contributed by atoms with Gasteiger partial charge in [0.2, 0.25) is 41.4 Å². The molecule has 1 heterocycles. The number of carbonyl (C=O) groups is 7. The van der Waals surface area contributed by atoms with Crippen LogP contribution in [-0.4, -0.2) is 138 Å². The van der Waals surface area contributed by atoms with Crippen LogP contribution in [0.3, 0.4) is 0 Å². The first-order valence-electron chi connectivity index (χ1n) is 19.4. The van der Waals surface area contributed by atoms with E-state index in [4.69, 9.17) is 17.2 Å². The summed E-state index contributed by atoms with van der Waals surface area (Å²) < 4.78 is 0. The molecule has 7 atom stereocenters. The molecule has 0 aromatic rings. The van der Waals surface area contributed by atoms with E-state index in [2.05, 4.69) is 42.2 Å². The van der Waals surface area contributed by atoms with Crippen molar-refractivity contribution in [3.05, 3.63) is 0 Å². The minimum Gasteiger partial charge on any atom is -0.394 e. The van der Waals surface area contributed by atoms with E-state index in [9.17, 15) is 38.7 Å². The fourth-order valence-electron chi connectivity index (χ4n) is 5.94. The molecule has 0 saturated carbocycles. The number of hydrogen-bond donors (Lipinski definition) is 11. The molecule has 1 aliphatic heterocycles. The lowest BCUT2D eigenvalue weighted by Crippen LogP contribution is -2.60. The molecular weight excluding hydrogens is 779 g/mol. The Morgan fingerprint density at radius 1 is 0.667 bits per heavy atom. The predicted octanol–water partition coefficient (Wildman–Crippen LogP) is -2.22. The Bertz CT molecular complexity index is 1350. The molecule has 7 amide bonds. The molecular formula is C36H67N11O8S2. The number of rotatable bonds is 28. The molecule has 0 aromatic heterocycles. The second-order valence-corrected chi connectivity index (χ2v) is 16.8. The number of aliphatic hydroxyl groups is 1. The van der Waals surface area contributed by atoms with Crippen LogP contribution < -0.4 is 54.4 Å². The summed E-state index contributed by atoms with van der Waals surface area (Å²) in [6, 6.07) is -7.29. The van der Waals surface area contributed by atoms with Gasteiger partial charge in [-0.2, -0.15) is 23.5 Å².